The van der Waals surface area contributed by atoms with Crippen molar-refractivity contribution in [3.63, 3.8) is 0 Å². The molecule has 6 nitrogen and oxygen atoms in total. The Bertz CT molecular complexity index is 493. The minimum Gasteiger partial charge on any atom is -0.468 e. The smallest absolute Gasteiger partial charge is 0.326 e. The van der Waals surface area contributed by atoms with Gasteiger partial charge in [-0.05, 0) is 39.7 Å². The van der Waals surface area contributed by atoms with E-state index in [1.165, 1.54) is 7.11 Å². The number of sulfone groups is 1. The largest absolute Gasteiger partial charge is 0.468 e. The topological polar surface area (TPSA) is 75.7 Å². The van der Waals surface area contributed by atoms with Crippen molar-refractivity contribution in [3.8, 4) is 0 Å². The van der Waals surface area contributed by atoms with Gasteiger partial charge in [-0.3, -0.25) is 9.69 Å². The van der Waals surface area contributed by atoms with Crippen molar-refractivity contribution in [2.24, 2.45) is 0 Å². The average molecular weight is 318 g/mol. The Morgan fingerprint density at radius 2 is 2.14 bits per heavy atom. The highest BCUT2D eigenvalue weighted by Crippen LogP contribution is 2.33. The fraction of sp³-hybridized carbons (Fsp3) is 0.929. The van der Waals surface area contributed by atoms with E-state index in [0.717, 1.165) is 19.3 Å². The summed E-state index contributed by atoms with van der Waals surface area (Å²) in [5, 5.41) is 3.15. The Kier molecular flexibility index (Phi) is 4.95. The SMILES string of the molecule is CNC1(C(=O)OC)CCCC(N2CCS(=O)(=O)CC2C)C1. The molecule has 1 saturated carbocycles. The van der Waals surface area contributed by atoms with E-state index in [2.05, 4.69) is 10.2 Å². The van der Waals surface area contributed by atoms with E-state index in [0.29, 0.717) is 13.0 Å². The summed E-state index contributed by atoms with van der Waals surface area (Å²) >= 11 is 0. The molecule has 3 atom stereocenters. The second kappa shape index (κ2) is 6.22. The highest BCUT2D eigenvalue weighted by Gasteiger charge is 2.45. The van der Waals surface area contributed by atoms with Crippen LogP contribution in [0.3, 0.4) is 0 Å². The molecule has 0 radical (unpaired) electrons. The number of ether oxygens (including phenoxy) is 1. The quantitative estimate of drug-likeness (QED) is 0.748. The van der Waals surface area contributed by atoms with Crippen LogP contribution < -0.4 is 5.32 Å². The first-order valence-electron chi connectivity index (χ1n) is 7.57. The first-order chi connectivity index (χ1) is 9.83. The zero-order valence-electron chi connectivity index (χ0n) is 13.1. The van der Waals surface area contributed by atoms with Gasteiger partial charge in [-0.15, -0.1) is 0 Å². The van der Waals surface area contributed by atoms with Gasteiger partial charge in [-0.2, -0.15) is 0 Å². The molecule has 2 fully saturated rings. The monoisotopic (exact) mass is 318 g/mol. The number of carbonyl (C=O) groups is 1. The predicted octanol–water partition coefficient (Wildman–Crippen LogP) is 0.179. The summed E-state index contributed by atoms with van der Waals surface area (Å²) in [7, 11) is 0.305. The van der Waals surface area contributed by atoms with Crippen LogP contribution >= 0.6 is 0 Å². The van der Waals surface area contributed by atoms with Crippen molar-refractivity contribution in [3.05, 3.63) is 0 Å². The zero-order chi connectivity index (χ0) is 15.7. The predicted molar refractivity (Wildman–Crippen MR) is 80.9 cm³/mol. The second-order valence-corrected chi connectivity index (χ2v) is 8.50. The van der Waals surface area contributed by atoms with Crippen LogP contribution in [0.4, 0.5) is 0 Å². The van der Waals surface area contributed by atoms with Gasteiger partial charge in [-0.25, -0.2) is 8.42 Å². The van der Waals surface area contributed by atoms with Crippen LogP contribution in [-0.4, -0.2) is 69.1 Å². The molecule has 7 heteroatoms. The molecular weight excluding hydrogens is 292 g/mol. The van der Waals surface area contributed by atoms with Crippen LogP contribution in [0.15, 0.2) is 0 Å². The molecule has 0 spiro atoms. The summed E-state index contributed by atoms with van der Waals surface area (Å²) in [6.07, 6.45) is 3.40. The number of esters is 1. The molecule has 0 amide bonds. The maximum absolute atomic E-state index is 12.1. The van der Waals surface area contributed by atoms with Crippen molar-refractivity contribution in [1.29, 1.82) is 0 Å². The number of likely N-dealkylation sites (N-methyl/N-ethyl adjacent to an activating group) is 1. The van der Waals surface area contributed by atoms with Crippen molar-refractivity contribution in [1.82, 2.24) is 10.2 Å². The Morgan fingerprint density at radius 3 is 2.71 bits per heavy atom. The molecule has 0 bridgehead atoms. The highest BCUT2D eigenvalue weighted by molar-refractivity contribution is 7.91. The molecule has 122 valence electrons. The molecule has 2 rings (SSSR count). The maximum atomic E-state index is 12.1. The van der Waals surface area contributed by atoms with Gasteiger partial charge < -0.3 is 10.1 Å². The normalized spacial score (nSPS) is 37.1. The molecule has 1 N–H and O–H groups in total. The summed E-state index contributed by atoms with van der Waals surface area (Å²) in [5.41, 5.74) is -0.631. The third-order valence-corrected chi connectivity index (χ3v) is 6.77. The molecule has 0 aromatic heterocycles. The standard InChI is InChI=1S/C14H26N2O4S/c1-11-10-21(18,19)8-7-16(11)12-5-4-6-14(9-12,15-2)13(17)20-3/h11-12,15H,4-10H2,1-3H3. The number of methoxy groups -OCH3 is 1. The third-order valence-electron chi connectivity index (χ3n) is 4.97. The molecule has 1 saturated heterocycles. The fourth-order valence-corrected chi connectivity index (χ4v) is 5.37. The molecule has 1 aliphatic heterocycles. The third kappa shape index (κ3) is 3.40. The molecule has 0 aromatic carbocycles. The zero-order valence-corrected chi connectivity index (χ0v) is 13.9. The molecular formula is C14H26N2O4S. The Morgan fingerprint density at radius 1 is 1.43 bits per heavy atom. The lowest BCUT2D eigenvalue weighted by Gasteiger charge is -2.46. The van der Waals surface area contributed by atoms with Gasteiger partial charge >= 0.3 is 5.97 Å². The lowest BCUT2D eigenvalue weighted by atomic mass is 9.78. The van der Waals surface area contributed by atoms with E-state index in [4.69, 9.17) is 4.74 Å². The van der Waals surface area contributed by atoms with Crippen LogP contribution in [-0.2, 0) is 19.4 Å². The number of hydrogen-bond acceptors (Lipinski definition) is 6. The maximum Gasteiger partial charge on any atom is 0.326 e. The second-order valence-electron chi connectivity index (χ2n) is 6.28. The number of carbonyl (C=O) groups excluding carboxylic acids is 1. The summed E-state index contributed by atoms with van der Waals surface area (Å²) in [4.78, 5) is 14.4. The van der Waals surface area contributed by atoms with E-state index < -0.39 is 15.4 Å². The lowest BCUT2D eigenvalue weighted by molar-refractivity contribution is -0.151. The van der Waals surface area contributed by atoms with Crippen LogP contribution in [0.5, 0.6) is 0 Å². The average Bonchev–Trinajstić information content (AvgIpc) is 2.45. The molecule has 2 aliphatic rings. The van der Waals surface area contributed by atoms with Crippen LogP contribution in [0, 0.1) is 0 Å². The van der Waals surface area contributed by atoms with E-state index in [-0.39, 0.29) is 29.6 Å². The highest BCUT2D eigenvalue weighted by atomic mass is 32.2. The first kappa shape index (κ1) is 16.7. The first-order valence-corrected chi connectivity index (χ1v) is 9.39. The van der Waals surface area contributed by atoms with E-state index in [1.807, 2.05) is 6.92 Å². The van der Waals surface area contributed by atoms with Crippen molar-refractivity contribution < 1.29 is 17.9 Å². The minimum absolute atomic E-state index is 0.0130. The summed E-state index contributed by atoms with van der Waals surface area (Å²) in [5.74, 6) is 0.222. The summed E-state index contributed by atoms with van der Waals surface area (Å²) < 4.78 is 28.4. The van der Waals surface area contributed by atoms with Crippen molar-refractivity contribution in [2.45, 2.75) is 50.2 Å². The van der Waals surface area contributed by atoms with Gasteiger partial charge in [0.1, 0.15) is 5.54 Å². The number of rotatable bonds is 3. The van der Waals surface area contributed by atoms with Crippen LogP contribution in [0.1, 0.15) is 32.6 Å². The van der Waals surface area contributed by atoms with Gasteiger partial charge in [0.2, 0.25) is 0 Å². The molecule has 21 heavy (non-hydrogen) atoms. The molecule has 3 unspecified atom stereocenters. The van der Waals surface area contributed by atoms with E-state index in [1.54, 1.807) is 7.05 Å². The van der Waals surface area contributed by atoms with Crippen molar-refractivity contribution in [2.75, 3.05) is 32.2 Å². The van der Waals surface area contributed by atoms with Gasteiger partial charge in [0.05, 0.1) is 18.6 Å². The van der Waals surface area contributed by atoms with E-state index >= 15 is 0 Å². The van der Waals surface area contributed by atoms with Gasteiger partial charge in [-0.1, -0.05) is 0 Å². The van der Waals surface area contributed by atoms with Crippen LogP contribution in [0.2, 0.25) is 0 Å². The van der Waals surface area contributed by atoms with Gasteiger partial charge in [0.15, 0.2) is 9.84 Å². The van der Waals surface area contributed by atoms with Gasteiger partial charge in [0, 0.05) is 18.6 Å². The number of hydrogen-bond donors (Lipinski definition) is 1. The fourth-order valence-electron chi connectivity index (χ4n) is 3.79. The van der Waals surface area contributed by atoms with E-state index in [9.17, 15) is 13.2 Å². The molecule has 1 aliphatic carbocycles. The van der Waals surface area contributed by atoms with Crippen molar-refractivity contribution >= 4 is 15.8 Å². The van der Waals surface area contributed by atoms with Crippen LogP contribution in [0.25, 0.3) is 0 Å². The Labute approximate surface area is 127 Å². The summed E-state index contributed by atoms with van der Waals surface area (Å²) in [6.45, 7) is 2.53. The molecule has 0 aromatic rings. The number of nitrogens with zero attached hydrogens (tertiary/aromatic N) is 1. The van der Waals surface area contributed by atoms with Gasteiger partial charge in [0.25, 0.3) is 0 Å². The Balaban J connectivity index is 2.12. The molecule has 1 heterocycles. The number of nitrogens with one attached hydrogen (secondary N) is 1. The lowest BCUT2D eigenvalue weighted by Crippen LogP contribution is -2.60. The Hall–Kier alpha value is -0.660. The minimum atomic E-state index is -2.91. The summed E-state index contributed by atoms with van der Waals surface area (Å²) in [6, 6.07) is 0.245.